The van der Waals surface area contributed by atoms with E-state index in [0.29, 0.717) is 13.0 Å². The molecule has 16 heavy (non-hydrogen) atoms. The summed E-state index contributed by atoms with van der Waals surface area (Å²) in [5.41, 5.74) is 0. The summed E-state index contributed by atoms with van der Waals surface area (Å²) in [4.78, 5) is 11.6. The van der Waals surface area contributed by atoms with Crippen LogP contribution in [0.25, 0.3) is 0 Å². The normalized spacial score (nSPS) is 23.0. The van der Waals surface area contributed by atoms with E-state index in [2.05, 4.69) is 5.32 Å². The van der Waals surface area contributed by atoms with E-state index in [1.165, 1.54) is 11.4 Å². The van der Waals surface area contributed by atoms with Crippen molar-refractivity contribution in [2.45, 2.75) is 25.3 Å². The number of hydrogen-bond acceptors (Lipinski definition) is 3. The molecule has 1 aliphatic heterocycles. The van der Waals surface area contributed by atoms with Crippen molar-refractivity contribution >= 4 is 27.5 Å². The maximum Gasteiger partial charge on any atom is 0.238 e. The lowest BCUT2D eigenvalue weighted by molar-refractivity contribution is -0.125. The van der Waals surface area contributed by atoms with Gasteiger partial charge in [-0.3, -0.25) is 4.79 Å². The first kappa shape index (κ1) is 13.7. The van der Waals surface area contributed by atoms with Gasteiger partial charge in [0.1, 0.15) is 6.04 Å². The fourth-order valence-corrected chi connectivity index (χ4v) is 3.89. The van der Waals surface area contributed by atoms with Crippen molar-refractivity contribution in [2.75, 3.05) is 25.2 Å². The van der Waals surface area contributed by atoms with Gasteiger partial charge in [-0.25, -0.2) is 8.42 Å². The van der Waals surface area contributed by atoms with Crippen LogP contribution in [-0.4, -0.2) is 49.9 Å². The number of nitrogens with zero attached hydrogens (tertiary/aromatic N) is 1. The number of carbonyl (C=O) groups is 1. The minimum absolute atomic E-state index is 0.0549. The summed E-state index contributed by atoms with van der Waals surface area (Å²) in [6, 6.07) is -0.563. The number of likely N-dealkylation sites (N-methyl/N-ethyl adjacent to an activating group) is 1. The Bertz CT molecular complexity index is 345. The predicted octanol–water partition coefficient (Wildman–Crippen LogP) is 0.155. The predicted molar refractivity (Wildman–Crippen MR) is 62.9 cm³/mol. The Morgan fingerprint density at radius 1 is 1.50 bits per heavy atom. The summed E-state index contributed by atoms with van der Waals surface area (Å²) in [7, 11) is -1.88. The highest BCUT2D eigenvalue weighted by atomic mass is 35.5. The van der Waals surface area contributed by atoms with E-state index in [1.54, 1.807) is 0 Å². The van der Waals surface area contributed by atoms with Crippen LogP contribution < -0.4 is 5.32 Å². The van der Waals surface area contributed by atoms with Gasteiger partial charge >= 0.3 is 0 Å². The summed E-state index contributed by atoms with van der Waals surface area (Å²) in [6.45, 7) is 0.414. The van der Waals surface area contributed by atoms with Crippen LogP contribution in [0.15, 0.2) is 0 Å². The molecule has 1 aliphatic rings. The first-order valence-corrected chi connectivity index (χ1v) is 7.44. The number of halogens is 1. The Labute approximate surface area is 101 Å². The Kier molecular flexibility index (Phi) is 5.01. The van der Waals surface area contributed by atoms with Gasteiger partial charge in [0.05, 0.1) is 5.75 Å². The fourth-order valence-electron chi connectivity index (χ4n) is 1.88. The smallest absolute Gasteiger partial charge is 0.238 e. The third kappa shape index (κ3) is 3.09. The number of hydrogen-bond donors (Lipinski definition) is 1. The molecule has 1 saturated heterocycles. The summed E-state index contributed by atoms with van der Waals surface area (Å²) in [6.07, 6.45) is 2.27. The number of sulfonamides is 1. The van der Waals surface area contributed by atoms with Crippen LogP contribution in [0.4, 0.5) is 0 Å². The van der Waals surface area contributed by atoms with Gasteiger partial charge in [-0.05, 0) is 12.8 Å². The van der Waals surface area contributed by atoms with Gasteiger partial charge in [0, 0.05) is 19.5 Å². The molecule has 94 valence electrons. The van der Waals surface area contributed by atoms with E-state index in [9.17, 15) is 13.2 Å². The zero-order chi connectivity index (χ0) is 12.2. The molecule has 1 rings (SSSR count). The third-order valence-electron chi connectivity index (χ3n) is 2.70. The second kappa shape index (κ2) is 5.84. The van der Waals surface area contributed by atoms with E-state index >= 15 is 0 Å². The van der Waals surface area contributed by atoms with Crippen LogP contribution in [0.1, 0.15) is 19.3 Å². The molecule has 0 aromatic carbocycles. The molecule has 0 radical (unpaired) electrons. The summed E-state index contributed by atoms with van der Waals surface area (Å²) in [5.74, 6) is -0.292. The van der Waals surface area contributed by atoms with Crippen molar-refractivity contribution in [3.05, 3.63) is 0 Å². The summed E-state index contributed by atoms with van der Waals surface area (Å²) in [5, 5.41) is 2.50. The minimum atomic E-state index is -3.40. The molecule has 0 aromatic heterocycles. The van der Waals surface area contributed by atoms with Gasteiger partial charge in [-0.15, -0.1) is 11.6 Å². The highest BCUT2D eigenvalue weighted by molar-refractivity contribution is 7.89. The van der Waals surface area contributed by atoms with Gasteiger partial charge in [-0.2, -0.15) is 4.31 Å². The van der Waals surface area contributed by atoms with Crippen LogP contribution in [0.3, 0.4) is 0 Å². The lowest BCUT2D eigenvalue weighted by Gasteiger charge is -2.33. The van der Waals surface area contributed by atoms with Crippen molar-refractivity contribution in [3.8, 4) is 0 Å². The standard InChI is InChI=1S/C9H17ClN2O3S/c1-11-9(13)8-4-2-3-6-12(8)16(14,15)7-5-10/h8H,2-7H2,1H3,(H,11,13). The average Bonchev–Trinajstić information content (AvgIpc) is 2.28. The van der Waals surface area contributed by atoms with E-state index < -0.39 is 16.1 Å². The molecule has 1 N–H and O–H groups in total. The van der Waals surface area contributed by atoms with Gasteiger partial charge in [-0.1, -0.05) is 6.42 Å². The fraction of sp³-hybridized carbons (Fsp3) is 0.889. The number of amides is 1. The largest absolute Gasteiger partial charge is 0.358 e. The van der Waals surface area contributed by atoms with E-state index in [-0.39, 0.29) is 17.5 Å². The molecule has 1 fully saturated rings. The van der Waals surface area contributed by atoms with Crippen molar-refractivity contribution in [1.29, 1.82) is 0 Å². The molecule has 0 aromatic rings. The molecule has 1 amide bonds. The van der Waals surface area contributed by atoms with Crippen LogP contribution in [-0.2, 0) is 14.8 Å². The number of nitrogens with one attached hydrogen (secondary N) is 1. The SMILES string of the molecule is CNC(=O)C1CCCCN1S(=O)(=O)CCCl. The molecule has 0 saturated carbocycles. The first-order valence-electron chi connectivity index (χ1n) is 5.30. The van der Waals surface area contributed by atoms with Gasteiger partial charge in [0.25, 0.3) is 0 Å². The number of carbonyl (C=O) groups excluding carboxylic acids is 1. The monoisotopic (exact) mass is 268 g/mol. The first-order chi connectivity index (χ1) is 7.53. The molecule has 1 atom stereocenters. The summed E-state index contributed by atoms with van der Waals surface area (Å²) >= 11 is 5.46. The molecule has 1 unspecified atom stereocenters. The highest BCUT2D eigenvalue weighted by Gasteiger charge is 2.35. The van der Waals surface area contributed by atoms with E-state index in [0.717, 1.165) is 12.8 Å². The van der Waals surface area contributed by atoms with Crippen LogP contribution in [0, 0.1) is 0 Å². The quantitative estimate of drug-likeness (QED) is 0.739. The maximum atomic E-state index is 11.9. The third-order valence-corrected chi connectivity index (χ3v) is 4.98. The van der Waals surface area contributed by atoms with Gasteiger partial charge in [0.2, 0.25) is 15.9 Å². The van der Waals surface area contributed by atoms with Gasteiger partial charge in [0.15, 0.2) is 0 Å². The topological polar surface area (TPSA) is 66.5 Å². The minimum Gasteiger partial charge on any atom is -0.358 e. The zero-order valence-corrected chi connectivity index (χ0v) is 10.9. The lowest BCUT2D eigenvalue weighted by atomic mass is 10.0. The molecule has 0 bridgehead atoms. The average molecular weight is 269 g/mol. The Morgan fingerprint density at radius 2 is 2.19 bits per heavy atom. The molecular weight excluding hydrogens is 252 g/mol. The molecular formula is C9H17ClN2O3S. The van der Waals surface area contributed by atoms with E-state index in [1.807, 2.05) is 0 Å². The van der Waals surface area contributed by atoms with Crippen LogP contribution >= 0.6 is 11.6 Å². The van der Waals surface area contributed by atoms with Crippen molar-refractivity contribution in [2.24, 2.45) is 0 Å². The Balaban J connectivity index is 2.86. The van der Waals surface area contributed by atoms with Crippen molar-refractivity contribution < 1.29 is 13.2 Å². The zero-order valence-electron chi connectivity index (χ0n) is 9.28. The molecule has 5 nitrogen and oxygen atoms in total. The second-order valence-electron chi connectivity index (χ2n) is 3.74. The van der Waals surface area contributed by atoms with Crippen LogP contribution in [0.2, 0.25) is 0 Å². The highest BCUT2D eigenvalue weighted by Crippen LogP contribution is 2.21. The van der Waals surface area contributed by atoms with Crippen molar-refractivity contribution in [3.63, 3.8) is 0 Å². The number of alkyl halides is 1. The van der Waals surface area contributed by atoms with E-state index in [4.69, 9.17) is 11.6 Å². The molecule has 0 spiro atoms. The Hall–Kier alpha value is -0.330. The molecule has 1 heterocycles. The van der Waals surface area contributed by atoms with Gasteiger partial charge < -0.3 is 5.32 Å². The second-order valence-corrected chi connectivity index (χ2v) is 6.16. The number of rotatable bonds is 4. The van der Waals surface area contributed by atoms with Crippen LogP contribution in [0.5, 0.6) is 0 Å². The van der Waals surface area contributed by atoms with Crippen molar-refractivity contribution in [1.82, 2.24) is 9.62 Å². The molecule has 0 aliphatic carbocycles. The summed E-state index contributed by atoms with van der Waals surface area (Å²) < 4.78 is 25.0. The number of piperidine rings is 1. The maximum absolute atomic E-state index is 11.9. The molecule has 7 heteroatoms. The lowest BCUT2D eigenvalue weighted by Crippen LogP contribution is -2.51. The Morgan fingerprint density at radius 3 is 2.75 bits per heavy atom.